The van der Waals surface area contributed by atoms with Crippen LogP contribution in [0.1, 0.15) is 57.4 Å². The van der Waals surface area contributed by atoms with Gasteiger partial charge in [-0.1, -0.05) is 30.7 Å². The molecule has 4 atom stereocenters. The summed E-state index contributed by atoms with van der Waals surface area (Å²) in [5.74, 6) is -0.145. The zero-order chi connectivity index (χ0) is 25.9. The highest BCUT2D eigenvalue weighted by atomic mass is 16.5. The molecule has 3 rings (SSSR count). The second kappa shape index (κ2) is 14.0. The normalized spacial score (nSPS) is 26.2. The number of esters is 1. The maximum absolute atomic E-state index is 13.7. The number of aliphatic hydroxyl groups is 1. The summed E-state index contributed by atoms with van der Waals surface area (Å²) >= 11 is 0. The number of rotatable bonds is 5. The Bertz CT molecular complexity index is 903. The molecule has 3 N–H and O–H groups in total. The third-order valence-electron chi connectivity index (χ3n) is 6.77. The largest absolute Gasteiger partial charge is 0.497 e. The first-order chi connectivity index (χ1) is 17.4. The maximum Gasteiger partial charge on any atom is 0.418 e. The molecule has 9 nitrogen and oxygen atoms in total. The second-order valence-electron chi connectivity index (χ2n) is 9.46. The molecule has 1 saturated heterocycles. The second-order valence-corrected chi connectivity index (χ2v) is 9.46. The van der Waals surface area contributed by atoms with Gasteiger partial charge in [0, 0.05) is 13.0 Å². The van der Waals surface area contributed by atoms with Gasteiger partial charge in [0.15, 0.2) is 6.04 Å². The summed E-state index contributed by atoms with van der Waals surface area (Å²) in [6.45, 7) is 3.07. The van der Waals surface area contributed by atoms with Gasteiger partial charge in [-0.2, -0.15) is 0 Å². The van der Waals surface area contributed by atoms with Crippen molar-refractivity contribution in [1.29, 1.82) is 0 Å². The molecule has 1 fully saturated rings. The van der Waals surface area contributed by atoms with E-state index in [1.54, 1.807) is 18.9 Å². The first-order valence-electron chi connectivity index (χ1n) is 13.0. The summed E-state index contributed by atoms with van der Waals surface area (Å²) in [5.41, 5.74) is 0.962. The number of hydrogen-bond donors (Lipinski definition) is 3. The molecule has 36 heavy (non-hydrogen) atoms. The lowest BCUT2D eigenvalue weighted by atomic mass is 10.1. The van der Waals surface area contributed by atoms with Gasteiger partial charge in [-0.3, -0.25) is 9.69 Å². The van der Waals surface area contributed by atoms with Crippen molar-refractivity contribution in [1.82, 2.24) is 10.2 Å². The SMILES string of the molecule is CCOC(=O)C1CCC=CCCCCCN(Cc2ccc(OC)cc2)C(=O)[NH+]2CC(O)CC2C(=O)N1. The fourth-order valence-corrected chi connectivity index (χ4v) is 4.81. The number of fused-ring (bicyclic) bond motifs is 1. The van der Waals surface area contributed by atoms with E-state index in [4.69, 9.17) is 9.47 Å². The number of aliphatic hydroxyl groups excluding tert-OH is 1. The van der Waals surface area contributed by atoms with E-state index in [2.05, 4.69) is 11.4 Å². The molecule has 9 heteroatoms. The average molecular weight is 503 g/mol. The Labute approximate surface area is 213 Å². The molecule has 2 aliphatic heterocycles. The molecule has 0 aromatic heterocycles. The number of nitrogens with one attached hydrogen (secondary N) is 2. The van der Waals surface area contributed by atoms with Crippen LogP contribution in [-0.2, 0) is 20.9 Å². The molecule has 0 aliphatic carbocycles. The molecule has 1 aromatic carbocycles. The molecule has 3 amide bonds. The highest BCUT2D eigenvalue weighted by Crippen LogP contribution is 2.15. The van der Waals surface area contributed by atoms with Crippen molar-refractivity contribution < 1.29 is 33.9 Å². The van der Waals surface area contributed by atoms with Crippen molar-refractivity contribution in [3.05, 3.63) is 42.0 Å². The van der Waals surface area contributed by atoms with Crippen molar-refractivity contribution in [3.8, 4) is 5.75 Å². The van der Waals surface area contributed by atoms with Crippen molar-refractivity contribution in [3.63, 3.8) is 0 Å². The van der Waals surface area contributed by atoms with E-state index >= 15 is 0 Å². The summed E-state index contributed by atoms with van der Waals surface area (Å²) < 4.78 is 10.4. The van der Waals surface area contributed by atoms with Crippen molar-refractivity contribution in [2.24, 2.45) is 0 Å². The van der Waals surface area contributed by atoms with Crippen LogP contribution < -0.4 is 15.0 Å². The van der Waals surface area contributed by atoms with Crippen LogP contribution in [0, 0.1) is 0 Å². The lowest BCUT2D eigenvalue weighted by Crippen LogP contribution is -3.19. The van der Waals surface area contributed by atoms with E-state index in [1.807, 2.05) is 30.3 Å². The number of amides is 3. The first kappa shape index (κ1) is 27.7. The molecular formula is C27H40N3O6+. The molecule has 4 unspecified atom stereocenters. The van der Waals surface area contributed by atoms with Gasteiger partial charge in [-0.25, -0.2) is 14.5 Å². The van der Waals surface area contributed by atoms with Gasteiger partial charge in [0.2, 0.25) is 0 Å². The van der Waals surface area contributed by atoms with Crippen molar-refractivity contribution in [2.45, 2.75) is 76.6 Å². The minimum absolute atomic E-state index is 0.156. The molecule has 2 aliphatic rings. The van der Waals surface area contributed by atoms with E-state index in [0.29, 0.717) is 30.8 Å². The molecule has 0 radical (unpaired) electrons. The zero-order valence-electron chi connectivity index (χ0n) is 21.4. The molecule has 198 valence electrons. The number of quaternary nitrogens is 1. The molecule has 0 bridgehead atoms. The van der Waals surface area contributed by atoms with E-state index in [-0.39, 0.29) is 25.6 Å². The van der Waals surface area contributed by atoms with E-state index in [1.165, 1.54) is 0 Å². The molecule has 1 aromatic rings. The summed E-state index contributed by atoms with van der Waals surface area (Å²) in [6, 6.07) is 5.81. The van der Waals surface area contributed by atoms with Gasteiger partial charge in [-0.05, 0) is 56.7 Å². The monoisotopic (exact) mass is 502 g/mol. The molecule has 0 saturated carbocycles. The lowest BCUT2D eigenvalue weighted by Gasteiger charge is -2.28. The number of hydrogen-bond acceptors (Lipinski definition) is 6. The Morgan fingerprint density at radius 3 is 2.61 bits per heavy atom. The minimum atomic E-state index is -0.792. The predicted molar refractivity (Wildman–Crippen MR) is 134 cm³/mol. The van der Waals surface area contributed by atoms with Crippen LogP contribution in [0.25, 0.3) is 0 Å². The zero-order valence-corrected chi connectivity index (χ0v) is 21.4. The highest BCUT2D eigenvalue weighted by Gasteiger charge is 2.46. The summed E-state index contributed by atoms with van der Waals surface area (Å²) in [6.07, 6.45) is 8.37. The number of ether oxygens (including phenoxy) is 2. The first-order valence-corrected chi connectivity index (χ1v) is 13.0. The quantitative estimate of drug-likeness (QED) is 0.417. The number of nitrogens with zero attached hydrogens (tertiary/aromatic N) is 1. The predicted octanol–water partition coefficient (Wildman–Crippen LogP) is 1.59. The van der Waals surface area contributed by atoms with Gasteiger partial charge in [0.25, 0.3) is 5.91 Å². The number of benzene rings is 1. The molecule has 0 spiro atoms. The summed E-state index contributed by atoms with van der Waals surface area (Å²) in [7, 11) is 1.61. The van der Waals surface area contributed by atoms with Crippen LogP contribution in [0.3, 0.4) is 0 Å². The van der Waals surface area contributed by atoms with Gasteiger partial charge < -0.3 is 19.9 Å². The highest BCUT2D eigenvalue weighted by molar-refractivity contribution is 5.87. The Hall–Kier alpha value is -2.91. The van der Waals surface area contributed by atoms with Gasteiger partial charge in [-0.15, -0.1) is 0 Å². The minimum Gasteiger partial charge on any atom is -0.497 e. The maximum atomic E-state index is 13.7. The molecule has 2 heterocycles. The van der Waals surface area contributed by atoms with E-state index in [0.717, 1.165) is 37.0 Å². The standard InChI is InChI=1S/C27H39N3O6/c1-3-36-26(33)23-11-9-7-5-4-6-8-10-16-29(18-20-12-14-22(35-2)15-13-20)27(34)30-19-21(31)17-24(30)25(32)28-23/h5,7,12-15,21,23-24,31H,3-4,6,8-11,16-19H2,1-2H3,(H,28,32)/p+1. The smallest absolute Gasteiger partial charge is 0.418 e. The van der Waals surface area contributed by atoms with Crippen LogP contribution in [0.15, 0.2) is 36.4 Å². The van der Waals surface area contributed by atoms with Crippen LogP contribution >= 0.6 is 0 Å². The summed E-state index contributed by atoms with van der Waals surface area (Å²) in [5, 5.41) is 13.2. The Balaban J connectivity index is 1.83. The lowest BCUT2D eigenvalue weighted by molar-refractivity contribution is -0.824. The van der Waals surface area contributed by atoms with E-state index in [9.17, 15) is 19.5 Å². The van der Waals surface area contributed by atoms with Crippen LogP contribution in [0.2, 0.25) is 0 Å². The number of urea groups is 1. The Morgan fingerprint density at radius 2 is 1.89 bits per heavy atom. The van der Waals surface area contributed by atoms with Gasteiger partial charge >= 0.3 is 12.0 Å². The Kier molecular flexibility index (Phi) is 10.8. The third kappa shape index (κ3) is 7.80. The third-order valence-corrected chi connectivity index (χ3v) is 6.77. The van der Waals surface area contributed by atoms with Gasteiger partial charge in [0.05, 0.1) is 20.3 Å². The number of carbonyl (C=O) groups excluding carboxylic acids is 3. The van der Waals surface area contributed by atoms with Gasteiger partial charge in [0.1, 0.15) is 24.4 Å². The fourth-order valence-electron chi connectivity index (χ4n) is 4.81. The Morgan fingerprint density at radius 1 is 1.14 bits per heavy atom. The van der Waals surface area contributed by atoms with Crippen LogP contribution in [-0.4, -0.2) is 72.9 Å². The molecular weight excluding hydrogens is 462 g/mol. The van der Waals surface area contributed by atoms with Crippen LogP contribution in [0.4, 0.5) is 4.79 Å². The fraction of sp³-hybridized carbons (Fsp3) is 0.593. The summed E-state index contributed by atoms with van der Waals surface area (Å²) in [4.78, 5) is 41.7. The van der Waals surface area contributed by atoms with Crippen LogP contribution in [0.5, 0.6) is 5.75 Å². The van der Waals surface area contributed by atoms with Crippen molar-refractivity contribution >= 4 is 17.9 Å². The average Bonchev–Trinajstić information content (AvgIpc) is 3.27. The van der Waals surface area contributed by atoms with E-state index < -0.39 is 30.1 Å². The number of allylic oxidation sites excluding steroid dienone is 2. The number of methoxy groups -OCH3 is 1. The topological polar surface area (TPSA) is 110 Å². The number of carbonyl (C=O) groups is 3. The van der Waals surface area contributed by atoms with Crippen molar-refractivity contribution in [2.75, 3.05) is 26.8 Å².